The van der Waals surface area contributed by atoms with Gasteiger partial charge in [-0.1, -0.05) is 6.92 Å². The van der Waals surface area contributed by atoms with Crippen LogP contribution in [0.5, 0.6) is 0 Å². The Morgan fingerprint density at radius 2 is 2.41 bits per heavy atom. The van der Waals surface area contributed by atoms with E-state index < -0.39 is 0 Å². The van der Waals surface area contributed by atoms with Crippen LogP contribution in [0, 0.1) is 12.8 Å². The van der Waals surface area contributed by atoms with Gasteiger partial charge >= 0.3 is 0 Å². The van der Waals surface area contributed by atoms with E-state index in [4.69, 9.17) is 4.42 Å². The van der Waals surface area contributed by atoms with E-state index in [1.54, 1.807) is 0 Å². The van der Waals surface area contributed by atoms with Gasteiger partial charge < -0.3 is 15.1 Å². The number of piperidine rings is 1. The molecule has 2 rings (SSSR count). The molecule has 0 radical (unpaired) electrons. The molecule has 1 aliphatic heterocycles. The molecule has 0 aromatic carbocycles. The first kappa shape index (κ1) is 12.2. The topological polar surface area (TPSA) is 54.3 Å². The van der Waals surface area contributed by atoms with Gasteiger partial charge in [0.15, 0.2) is 0 Å². The van der Waals surface area contributed by atoms with Crippen molar-refractivity contribution in [1.29, 1.82) is 0 Å². The number of hydrogen-bond acceptors (Lipinski definition) is 3. The predicted molar refractivity (Wildman–Crippen MR) is 65.5 cm³/mol. The van der Waals surface area contributed by atoms with E-state index in [1.807, 2.05) is 19.1 Å². The molecule has 1 amide bonds. The van der Waals surface area contributed by atoms with Crippen LogP contribution in [-0.2, 0) is 11.3 Å². The van der Waals surface area contributed by atoms with E-state index in [-0.39, 0.29) is 11.9 Å². The second-order valence-electron chi connectivity index (χ2n) is 4.78. The molecule has 0 aliphatic carbocycles. The number of furan rings is 1. The van der Waals surface area contributed by atoms with Gasteiger partial charge in [0.25, 0.3) is 0 Å². The average molecular weight is 236 g/mol. The van der Waals surface area contributed by atoms with Crippen LogP contribution >= 0.6 is 0 Å². The van der Waals surface area contributed by atoms with Crippen LogP contribution < -0.4 is 10.6 Å². The molecule has 2 unspecified atom stereocenters. The van der Waals surface area contributed by atoms with Gasteiger partial charge in [-0.05, 0) is 44.4 Å². The standard InChI is InChI=1S/C13H20N2O2/c1-9-4-3-7-14-12(9)13(16)15-8-11-6-5-10(2)17-11/h5-6,9,12,14H,3-4,7-8H2,1-2H3,(H,15,16). The maximum Gasteiger partial charge on any atom is 0.237 e. The van der Waals surface area contributed by atoms with Gasteiger partial charge in [-0.2, -0.15) is 0 Å². The van der Waals surface area contributed by atoms with Gasteiger partial charge in [0, 0.05) is 0 Å². The average Bonchev–Trinajstić information content (AvgIpc) is 2.73. The number of amides is 1. The minimum Gasteiger partial charge on any atom is -0.465 e. The van der Waals surface area contributed by atoms with Crippen molar-refractivity contribution in [2.24, 2.45) is 5.92 Å². The summed E-state index contributed by atoms with van der Waals surface area (Å²) in [7, 11) is 0. The Bertz CT molecular complexity index is 387. The van der Waals surface area contributed by atoms with E-state index in [1.165, 1.54) is 0 Å². The number of carbonyl (C=O) groups is 1. The lowest BCUT2D eigenvalue weighted by molar-refractivity contribution is -0.125. The van der Waals surface area contributed by atoms with Crippen molar-refractivity contribution in [2.45, 2.75) is 39.3 Å². The first-order valence-electron chi connectivity index (χ1n) is 6.23. The molecule has 1 aliphatic rings. The third-order valence-corrected chi connectivity index (χ3v) is 3.28. The molecule has 2 N–H and O–H groups in total. The fourth-order valence-corrected chi connectivity index (χ4v) is 2.26. The van der Waals surface area contributed by atoms with Crippen molar-refractivity contribution in [3.8, 4) is 0 Å². The molecule has 2 heterocycles. The molecule has 0 spiro atoms. The molecule has 0 bridgehead atoms. The second kappa shape index (κ2) is 5.36. The van der Waals surface area contributed by atoms with Crippen LogP contribution in [0.1, 0.15) is 31.3 Å². The molecule has 94 valence electrons. The van der Waals surface area contributed by atoms with E-state index in [0.29, 0.717) is 12.5 Å². The van der Waals surface area contributed by atoms with Gasteiger partial charge in [0.05, 0.1) is 12.6 Å². The zero-order valence-electron chi connectivity index (χ0n) is 10.5. The molecule has 17 heavy (non-hydrogen) atoms. The molecule has 1 fully saturated rings. The van der Waals surface area contributed by atoms with Crippen LogP contribution in [0.4, 0.5) is 0 Å². The summed E-state index contributed by atoms with van der Waals surface area (Å²) in [4.78, 5) is 12.0. The lowest BCUT2D eigenvalue weighted by Crippen LogP contribution is -2.50. The molecule has 2 atom stereocenters. The Labute approximate surface area is 102 Å². The third-order valence-electron chi connectivity index (χ3n) is 3.28. The fraction of sp³-hybridized carbons (Fsp3) is 0.615. The Morgan fingerprint density at radius 3 is 3.06 bits per heavy atom. The van der Waals surface area contributed by atoms with Crippen molar-refractivity contribution in [3.63, 3.8) is 0 Å². The van der Waals surface area contributed by atoms with Crippen molar-refractivity contribution < 1.29 is 9.21 Å². The minimum atomic E-state index is -0.0557. The SMILES string of the molecule is Cc1ccc(CNC(=O)C2NCCCC2C)o1. The maximum absolute atomic E-state index is 12.0. The summed E-state index contributed by atoms with van der Waals surface area (Å²) in [5.41, 5.74) is 0. The molecular weight excluding hydrogens is 216 g/mol. The third kappa shape index (κ3) is 3.09. The van der Waals surface area contributed by atoms with Gasteiger partial charge in [0.1, 0.15) is 11.5 Å². The van der Waals surface area contributed by atoms with Crippen molar-refractivity contribution in [1.82, 2.24) is 10.6 Å². The van der Waals surface area contributed by atoms with Crippen LogP contribution in [-0.4, -0.2) is 18.5 Å². The summed E-state index contributed by atoms with van der Waals surface area (Å²) in [6, 6.07) is 3.75. The number of carbonyl (C=O) groups excluding carboxylic acids is 1. The van der Waals surface area contributed by atoms with Crippen molar-refractivity contribution in [3.05, 3.63) is 23.7 Å². The second-order valence-corrected chi connectivity index (χ2v) is 4.78. The number of hydrogen-bond donors (Lipinski definition) is 2. The Kier molecular flexibility index (Phi) is 3.84. The number of nitrogens with one attached hydrogen (secondary N) is 2. The first-order chi connectivity index (χ1) is 8.16. The summed E-state index contributed by atoms with van der Waals surface area (Å²) in [5, 5.41) is 6.18. The highest BCUT2D eigenvalue weighted by molar-refractivity contribution is 5.82. The highest BCUT2D eigenvalue weighted by Crippen LogP contribution is 2.15. The number of rotatable bonds is 3. The zero-order chi connectivity index (χ0) is 12.3. The quantitative estimate of drug-likeness (QED) is 0.838. The summed E-state index contributed by atoms with van der Waals surface area (Å²) in [6.07, 6.45) is 2.27. The molecule has 4 heteroatoms. The van der Waals surface area contributed by atoms with E-state index >= 15 is 0 Å². The summed E-state index contributed by atoms with van der Waals surface area (Å²) in [6.45, 7) is 5.42. The van der Waals surface area contributed by atoms with Gasteiger partial charge in [-0.25, -0.2) is 0 Å². The normalized spacial score (nSPS) is 24.6. The van der Waals surface area contributed by atoms with E-state index in [0.717, 1.165) is 30.9 Å². The minimum absolute atomic E-state index is 0.0557. The van der Waals surface area contributed by atoms with Crippen LogP contribution in [0.3, 0.4) is 0 Å². The largest absolute Gasteiger partial charge is 0.465 e. The summed E-state index contributed by atoms with van der Waals surface area (Å²) < 4.78 is 5.41. The molecule has 1 aromatic heterocycles. The van der Waals surface area contributed by atoms with Crippen molar-refractivity contribution in [2.75, 3.05) is 6.54 Å². The van der Waals surface area contributed by atoms with Crippen LogP contribution in [0.15, 0.2) is 16.5 Å². The predicted octanol–water partition coefficient (Wildman–Crippen LogP) is 1.59. The maximum atomic E-state index is 12.0. The molecular formula is C13H20N2O2. The fourth-order valence-electron chi connectivity index (χ4n) is 2.26. The Morgan fingerprint density at radius 1 is 1.59 bits per heavy atom. The van der Waals surface area contributed by atoms with Gasteiger partial charge in [-0.3, -0.25) is 4.79 Å². The van der Waals surface area contributed by atoms with Crippen molar-refractivity contribution >= 4 is 5.91 Å². The monoisotopic (exact) mass is 236 g/mol. The van der Waals surface area contributed by atoms with Crippen LogP contribution in [0.2, 0.25) is 0 Å². The molecule has 1 aromatic rings. The van der Waals surface area contributed by atoms with Crippen LogP contribution in [0.25, 0.3) is 0 Å². The molecule has 4 nitrogen and oxygen atoms in total. The first-order valence-corrected chi connectivity index (χ1v) is 6.23. The zero-order valence-corrected chi connectivity index (χ0v) is 10.5. The highest BCUT2D eigenvalue weighted by atomic mass is 16.3. The Hall–Kier alpha value is -1.29. The lowest BCUT2D eigenvalue weighted by Gasteiger charge is -2.28. The smallest absolute Gasteiger partial charge is 0.237 e. The summed E-state index contributed by atoms with van der Waals surface area (Å²) in [5.74, 6) is 2.16. The van der Waals surface area contributed by atoms with E-state index in [2.05, 4.69) is 17.6 Å². The summed E-state index contributed by atoms with van der Waals surface area (Å²) >= 11 is 0. The Balaban J connectivity index is 1.84. The van der Waals surface area contributed by atoms with Gasteiger partial charge in [-0.15, -0.1) is 0 Å². The number of aryl methyl sites for hydroxylation is 1. The lowest BCUT2D eigenvalue weighted by atomic mass is 9.92. The van der Waals surface area contributed by atoms with E-state index in [9.17, 15) is 4.79 Å². The van der Waals surface area contributed by atoms with Gasteiger partial charge in [0.2, 0.25) is 5.91 Å². The molecule has 1 saturated heterocycles. The molecule has 0 saturated carbocycles. The highest BCUT2D eigenvalue weighted by Gasteiger charge is 2.27.